The van der Waals surface area contributed by atoms with E-state index in [0.29, 0.717) is 23.2 Å². The van der Waals surface area contributed by atoms with Crippen LogP contribution in [0.2, 0.25) is 0 Å². The molecule has 3 saturated carbocycles. The number of fused-ring (bicyclic) bond motifs is 1. The molecule has 2 aromatic heterocycles. The van der Waals surface area contributed by atoms with E-state index >= 15 is 0 Å². The van der Waals surface area contributed by atoms with Crippen LogP contribution in [0.25, 0.3) is 11.3 Å². The summed E-state index contributed by atoms with van der Waals surface area (Å²) >= 11 is 0. The van der Waals surface area contributed by atoms with Gasteiger partial charge >= 0.3 is 6.36 Å². The molecule has 4 aliphatic rings. The van der Waals surface area contributed by atoms with E-state index in [1.807, 2.05) is 6.20 Å². The highest BCUT2D eigenvalue weighted by atomic mass is 19.4. The largest absolute Gasteiger partial charge is 0.573 e. The number of pyridine rings is 1. The van der Waals surface area contributed by atoms with Crippen LogP contribution in [0.5, 0.6) is 5.75 Å². The molecule has 34 heavy (non-hydrogen) atoms. The molecule has 3 aliphatic carbocycles. The summed E-state index contributed by atoms with van der Waals surface area (Å²) in [4.78, 5) is 11.4. The van der Waals surface area contributed by atoms with E-state index in [9.17, 15) is 13.2 Å². The number of imidazole rings is 1. The van der Waals surface area contributed by atoms with Crippen molar-refractivity contribution in [2.24, 2.45) is 11.3 Å². The maximum absolute atomic E-state index is 12.8. The standard InChI is InChI=1S/C24H32F3N5O2/c1-22(2,3)12-20-30-17(15-8-19(21(28)29-13-15)34-24(25,26)27)14-32(20)18-11-23(9-16(18)10-23)31-4-6-33-7-5-31/h8,13-14,16,18H,4-7,9-12H2,1-3H3,(H2,28,29). The summed E-state index contributed by atoms with van der Waals surface area (Å²) in [5.41, 5.74) is 6.91. The van der Waals surface area contributed by atoms with Gasteiger partial charge in [0.2, 0.25) is 0 Å². The molecule has 0 radical (unpaired) electrons. The van der Waals surface area contributed by atoms with Crippen LogP contribution in [0.3, 0.4) is 0 Å². The van der Waals surface area contributed by atoms with E-state index in [1.165, 1.54) is 25.1 Å². The van der Waals surface area contributed by atoms with Crippen LogP contribution >= 0.6 is 0 Å². The lowest BCUT2D eigenvalue weighted by Gasteiger charge is -2.49. The zero-order valence-electron chi connectivity index (χ0n) is 19.9. The number of aromatic nitrogens is 3. The Labute approximate surface area is 197 Å². The molecule has 1 saturated heterocycles. The van der Waals surface area contributed by atoms with E-state index in [0.717, 1.165) is 45.0 Å². The average molecular weight is 480 g/mol. The summed E-state index contributed by atoms with van der Waals surface area (Å²) < 4.78 is 50.4. The van der Waals surface area contributed by atoms with Gasteiger partial charge in [-0.3, -0.25) is 4.90 Å². The predicted octanol–water partition coefficient (Wildman–Crippen LogP) is 4.44. The number of nitrogens with two attached hydrogens (primary N) is 1. The van der Waals surface area contributed by atoms with Crippen LogP contribution in [0.1, 0.15) is 51.9 Å². The van der Waals surface area contributed by atoms with Gasteiger partial charge in [0.15, 0.2) is 11.6 Å². The monoisotopic (exact) mass is 479 g/mol. The van der Waals surface area contributed by atoms with Gasteiger partial charge in [-0.05, 0) is 36.7 Å². The van der Waals surface area contributed by atoms with Gasteiger partial charge in [-0.1, -0.05) is 20.8 Å². The minimum Gasteiger partial charge on any atom is -0.402 e. The van der Waals surface area contributed by atoms with Crippen molar-refractivity contribution in [2.45, 2.75) is 64.4 Å². The van der Waals surface area contributed by atoms with Crippen molar-refractivity contribution in [3.63, 3.8) is 0 Å². The van der Waals surface area contributed by atoms with Crippen molar-refractivity contribution in [2.75, 3.05) is 32.0 Å². The molecule has 1 aliphatic heterocycles. The lowest BCUT2D eigenvalue weighted by molar-refractivity contribution is -0.274. The molecule has 10 heteroatoms. The highest BCUT2D eigenvalue weighted by Gasteiger charge is 2.59. The van der Waals surface area contributed by atoms with Crippen molar-refractivity contribution < 1.29 is 22.6 Å². The SMILES string of the molecule is CC(C)(C)Cc1nc(-c2cnc(N)c(OC(F)(F)F)c2)cn1C1CC2(N3CCOCC3)CC1C2. The molecule has 3 heterocycles. The Balaban J connectivity index is 1.46. The molecule has 186 valence electrons. The predicted molar refractivity (Wildman–Crippen MR) is 121 cm³/mol. The number of ether oxygens (including phenoxy) is 2. The number of nitrogen functional groups attached to an aromatic ring is 1. The molecular weight excluding hydrogens is 447 g/mol. The summed E-state index contributed by atoms with van der Waals surface area (Å²) in [6, 6.07) is 1.60. The smallest absolute Gasteiger partial charge is 0.402 e. The maximum atomic E-state index is 12.8. The summed E-state index contributed by atoms with van der Waals surface area (Å²) in [5, 5.41) is 0. The quantitative estimate of drug-likeness (QED) is 0.683. The second-order valence-electron chi connectivity index (χ2n) is 11.1. The third kappa shape index (κ3) is 4.49. The van der Waals surface area contributed by atoms with Gasteiger partial charge in [0.1, 0.15) is 5.82 Å². The van der Waals surface area contributed by atoms with Crippen LogP contribution < -0.4 is 10.5 Å². The van der Waals surface area contributed by atoms with Gasteiger partial charge in [0.25, 0.3) is 0 Å². The Hall–Kier alpha value is -2.33. The molecular formula is C24H32F3N5O2. The number of halogens is 3. The molecule has 2 N–H and O–H groups in total. The first-order chi connectivity index (χ1) is 15.9. The highest BCUT2D eigenvalue weighted by Crippen LogP contribution is 2.61. The minimum absolute atomic E-state index is 0.00769. The number of nitrogens with zero attached hydrogens (tertiary/aromatic N) is 4. The maximum Gasteiger partial charge on any atom is 0.573 e. The van der Waals surface area contributed by atoms with Crippen molar-refractivity contribution >= 4 is 5.82 Å². The number of hydrogen-bond acceptors (Lipinski definition) is 6. The Morgan fingerprint density at radius 3 is 2.53 bits per heavy atom. The summed E-state index contributed by atoms with van der Waals surface area (Å²) in [6.07, 6.45) is 2.76. The number of rotatable bonds is 5. The molecule has 1 unspecified atom stereocenters. The van der Waals surface area contributed by atoms with E-state index in [1.54, 1.807) is 0 Å². The number of hydrogen-bond donors (Lipinski definition) is 1. The van der Waals surface area contributed by atoms with Crippen molar-refractivity contribution in [3.8, 4) is 17.0 Å². The second kappa shape index (κ2) is 8.12. The van der Waals surface area contributed by atoms with Crippen LogP contribution in [-0.4, -0.2) is 57.6 Å². The van der Waals surface area contributed by atoms with Crippen LogP contribution in [-0.2, 0) is 11.2 Å². The molecule has 2 bridgehead atoms. The molecule has 0 spiro atoms. The molecule has 0 aromatic carbocycles. The van der Waals surface area contributed by atoms with E-state index in [4.69, 9.17) is 15.5 Å². The van der Waals surface area contributed by atoms with E-state index in [-0.39, 0.29) is 16.8 Å². The Morgan fingerprint density at radius 1 is 1.18 bits per heavy atom. The summed E-state index contributed by atoms with van der Waals surface area (Å²) in [5.74, 6) is 0.718. The molecule has 6 rings (SSSR count). The highest BCUT2D eigenvalue weighted by molar-refractivity contribution is 5.63. The molecule has 2 aromatic rings. The van der Waals surface area contributed by atoms with E-state index < -0.39 is 12.1 Å². The third-order valence-electron chi connectivity index (χ3n) is 7.36. The van der Waals surface area contributed by atoms with Gasteiger partial charge in [-0.15, -0.1) is 13.2 Å². The van der Waals surface area contributed by atoms with Crippen molar-refractivity contribution in [1.29, 1.82) is 0 Å². The van der Waals surface area contributed by atoms with Gasteiger partial charge in [0, 0.05) is 49.0 Å². The first-order valence-corrected chi connectivity index (χ1v) is 11.8. The zero-order chi connectivity index (χ0) is 24.3. The third-order valence-corrected chi connectivity index (χ3v) is 7.36. The van der Waals surface area contributed by atoms with Crippen molar-refractivity contribution in [1.82, 2.24) is 19.4 Å². The minimum atomic E-state index is -4.84. The fourth-order valence-corrected chi connectivity index (χ4v) is 5.93. The topological polar surface area (TPSA) is 78.4 Å². The van der Waals surface area contributed by atoms with Gasteiger partial charge < -0.3 is 19.8 Å². The van der Waals surface area contributed by atoms with Gasteiger partial charge in [0.05, 0.1) is 18.9 Å². The molecule has 1 atom stereocenters. The van der Waals surface area contributed by atoms with Gasteiger partial charge in [-0.2, -0.15) is 0 Å². The number of alkyl halides is 3. The van der Waals surface area contributed by atoms with E-state index in [2.05, 4.69) is 40.0 Å². The Morgan fingerprint density at radius 2 is 1.88 bits per heavy atom. The zero-order valence-corrected chi connectivity index (χ0v) is 19.9. The average Bonchev–Trinajstić information content (AvgIpc) is 3.39. The fraction of sp³-hybridized carbons (Fsp3) is 0.667. The lowest BCUT2D eigenvalue weighted by atomic mass is 9.75. The molecule has 0 amide bonds. The molecule has 4 fully saturated rings. The van der Waals surface area contributed by atoms with Crippen LogP contribution in [0, 0.1) is 11.3 Å². The van der Waals surface area contributed by atoms with Crippen LogP contribution in [0.4, 0.5) is 19.0 Å². The van der Waals surface area contributed by atoms with Crippen molar-refractivity contribution in [3.05, 3.63) is 24.3 Å². The van der Waals surface area contributed by atoms with Gasteiger partial charge in [-0.25, -0.2) is 9.97 Å². The summed E-state index contributed by atoms with van der Waals surface area (Å²) in [7, 11) is 0. The Bertz CT molecular complexity index is 1050. The lowest BCUT2D eigenvalue weighted by Crippen LogP contribution is -2.56. The fourth-order valence-electron chi connectivity index (χ4n) is 5.93. The number of morpholine rings is 1. The normalized spacial score (nSPS) is 27.6. The summed E-state index contributed by atoms with van der Waals surface area (Å²) in [6.45, 7) is 10.0. The first kappa shape index (κ1) is 23.4. The number of anilines is 1. The van der Waals surface area contributed by atoms with Crippen LogP contribution in [0.15, 0.2) is 18.5 Å². The molecule has 7 nitrogen and oxygen atoms in total. The Kier molecular flexibility index (Phi) is 5.59. The first-order valence-electron chi connectivity index (χ1n) is 11.8. The second-order valence-corrected chi connectivity index (χ2v) is 11.1.